The predicted octanol–water partition coefficient (Wildman–Crippen LogP) is 11.0. The molecule has 0 aromatic carbocycles. The normalized spacial score (nSPS) is 13.0. The zero-order valence-corrected chi connectivity index (χ0v) is 36.2. The van der Waals surface area contributed by atoms with Crippen molar-refractivity contribution < 1.29 is 38.2 Å². The monoisotopic (exact) mass is 766 g/mol. The van der Waals surface area contributed by atoms with Gasteiger partial charge in [-0.3, -0.25) is 9.59 Å². The molecule has 0 spiro atoms. The second-order valence-corrected chi connectivity index (χ2v) is 16.6. The zero-order valence-electron chi connectivity index (χ0n) is 36.2. The van der Waals surface area contributed by atoms with Crippen molar-refractivity contribution in [2.24, 2.45) is 0 Å². The van der Waals surface area contributed by atoms with Crippen LogP contribution in [0, 0.1) is 0 Å². The summed E-state index contributed by atoms with van der Waals surface area (Å²) in [5.74, 6) is -1.73. The minimum Gasteiger partial charge on any atom is -0.544 e. The number of carboxylic acids is 1. The molecule has 8 heteroatoms. The molecule has 2 atom stereocenters. The van der Waals surface area contributed by atoms with Gasteiger partial charge < -0.3 is 28.6 Å². The summed E-state index contributed by atoms with van der Waals surface area (Å²) < 4.78 is 17.2. The fourth-order valence-electron chi connectivity index (χ4n) is 6.82. The van der Waals surface area contributed by atoms with E-state index in [1.165, 1.54) is 128 Å². The Morgan fingerprint density at radius 1 is 0.537 bits per heavy atom. The highest BCUT2D eigenvalue weighted by atomic mass is 16.6. The third kappa shape index (κ3) is 35.8. The van der Waals surface area contributed by atoms with Crippen molar-refractivity contribution in [3.05, 3.63) is 12.2 Å². The van der Waals surface area contributed by atoms with Crippen LogP contribution in [0.2, 0.25) is 0 Å². The summed E-state index contributed by atoms with van der Waals surface area (Å²) >= 11 is 0. The van der Waals surface area contributed by atoms with Gasteiger partial charge in [-0.25, -0.2) is 0 Å². The van der Waals surface area contributed by atoms with Gasteiger partial charge in [-0.1, -0.05) is 174 Å². The molecule has 0 aliphatic rings. The molecule has 0 bridgehead atoms. The minimum absolute atomic E-state index is 0.0426. The van der Waals surface area contributed by atoms with Crippen LogP contribution in [0.4, 0.5) is 0 Å². The van der Waals surface area contributed by atoms with Gasteiger partial charge in [0.25, 0.3) is 0 Å². The number of likely N-dealkylation sites (N-methyl/N-ethyl adjacent to an activating group) is 1. The van der Waals surface area contributed by atoms with Crippen LogP contribution in [0.5, 0.6) is 0 Å². The van der Waals surface area contributed by atoms with Gasteiger partial charge in [-0.2, -0.15) is 0 Å². The van der Waals surface area contributed by atoms with Crippen molar-refractivity contribution in [1.82, 2.24) is 0 Å². The number of allylic oxidation sites excluding steroid dienone is 2. The predicted molar refractivity (Wildman–Crippen MR) is 222 cm³/mol. The lowest BCUT2D eigenvalue weighted by molar-refractivity contribution is -0.889. The van der Waals surface area contributed by atoms with Gasteiger partial charge in [-0.15, -0.1) is 0 Å². The maximum Gasteiger partial charge on any atom is 0.306 e. The maximum absolute atomic E-state index is 12.7. The summed E-state index contributed by atoms with van der Waals surface area (Å²) in [6.45, 7) is 4.64. The maximum atomic E-state index is 12.7. The first-order valence-electron chi connectivity index (χ1n) is 22.7. The second-order valence-electron chi connectivity index (χ2n) is 16.6. The van der Waals surface area contributed by atoms with Crippen molar-refractivity contribution in [3.63, 3.8) is 0 Å². The first-order chi connectivity index (χ1) is 26.1. The number of hydrogen-bond acceptors (Lipinski definition) is 7. The third-order valence-corrected chi connectivity index (χ3v) is 10.4. The summed E-state index contributed by atoms with van der Waals surface area (Å²) in [5, 5.41) is 11.6. The number of quaternary nitrogens is 1. The summed E-state index contributed by atoms with van der Waals surface area (Å²) in [6, 6.07) is -0.722. The Labute approximate surface area is 333 Å². The molecule has 54 heavy (non-hydrogen) atoms. The van der Waals surface area contributed by atoms with E-state index in [1.807, 2.05) is 0 Å². The topological polar surface area (TPSA) is 102 Å². The van der Waals surface area contributed by atoms with E-state index in [2.05, 4.69) is 26.0 Å². The average molecular weight is 766 g/mol. The number of carbonyl (C=O) groups is 3. The summed E-state index contributed by atoms with van der Waals surface area (Å²) in [4.78, 5) is 36.8. The number of rotatable bonds is 41. The van der Waals surface area contributed by atoms with Crippen LogP contribution in [-0.2, 0) is 28.6 Å². The fourth-order valence-corrected chi connectivity index (χ4v) is 6.82. The minimum atomic E-state index is -1.12. The number of carboxylic acid groups (broad SMARTS) is 1. The second kappa shape index (κ2) is 38.0. The first-order valence-corrected chi connectivity index (χ1v) is 22.7. The highest BCUT2D eigenvalue weighted by molar-refractivity contribution is 5.70. The molecule has 2 unspecified atom stereocenters. The SMILES string of the molecule is CCCC/C=C\CCCCCCCC(=O)OC(COCCC(C(=O)[O-])[N+](C)(C)C)COC(=O)CCCCCCCCCCCCCCCCCCCCC. The lowest BCUT2D eigenvalue weighted by Gasteiger charge is -2.34. The van der Waals surface area contributed by atoms with E-state index in [0.29, 0.717) is 12.8 Å². The first kappa shape index (κ1) is 52.1. The van der Waals surface area contributed by atoms with Crippen molar-refractivity contribution in [3.8, 4) is 0 Å². The molecular formula is C46H87NO7. The van der Waals surface area contributed by atoms with E-state index in [4.69, 9.17) is 14.2 Å². The molecule has 8 nitrogen and oxygen atoms in total. The fraction of sp³-hybridized carbons (Fsp3) is 0.891. The highest BCUT2D eigenvalue weighted by Crippen LogP contribution is 2.16. The van der Waals surface area contributed by atoms with Gasteiger partial charge in [0, 0.05) is 19.3 Å². The van der Waals surface area contributed by atoms with E-state index in [1.54, 1.807) is 21.1 Å². The standard InChI is InChI=1S/C46H87NO7/c1-6-8-10-12-14-16-18-19-20-21-22-23-24-25-27-28-30-32-34-36-44(48)53-41-42(40-52-39-38-43(46(50)51)47(3,4)5)54-45(49)37-35-33-31-29-26-17-15-13-11-9-7-2/h13,15,42-43H,6-12,14,16-41H2,1-5H3/b15-13-. The van der Waals surface area contributed by atoms with Gasteiger partial charge in [-0.05, 0) is 32.1 Å². The Bertz CT molecular complexity index is 900. The Balaban J connectivity index is 4.22. The summed E-state index contributed by atoms with van der Waals surface area (Å²) in [5.41, 5.74) is 0. The van der Waals surface area contributed by atoms with Crippen LogP contribution >= 0.6 is 0 Å². The Morgan fingerprint density at radius 3 is 1.39 bits per heavy atom. The van der Waals surface area contributed by atoms with E-state index >= 15 is 0 Å². The van der Waals surface area contributed by atoms with Crippen LogP contribution < -0.4 is 5.11 Å². The molecule has 318 valence electrons. The number of ether oxygens (including phenoxy) is 3. The molecule has 0 heterocycles. The van der Waals surface area contributed by atoms with Crippen LogP contribution in [0.25, 0.3) is 0 Å². The molecule has 0 N–H and O–H groups in total. The number of carbonyl (C=O) groups excluding carboxylic acids is 3. The van der Waals surface area contributed by atoms with Gasteiger partial charge in [0.05, 0.1) is 40.3 Å². The van der Waals surface area contributed by atoms with E-state index in [-0.39, 0.29) is 42.7 Å². The van der Waals surface area contributed by atoms with Crippen molar-refractivity contribution >= 4 is 17.9 Å². The molecule has 0 aliphatic heterocycles. The number of aliphatic carboxylic acids is 1. The average Bonchev–Trinajstić information content (AvgIpc) is 3.12. The molecule has 0 rings (SSSR count). The van der Waals surface area contributed by atoms with Gasteiger partial charge in [0.1, 0.15) is 12.6 Å². The van der Waals surface area contributed by atoms with E-state index in [0.717, 1.165) is 51.4 Å². The molecule has 0 radical (unpaired) electrons. The Kier molecular flexibility index (Phi) is 36.6. The lowest BCUT2D eigenvalue weighted by atomic mass is 10.0. The largest absolute Gasteiger partial charge is 0.544 e. The Morgan fingerprint density at radius 2 is 0.944 bits per heavy atom. The summed E-state index contributed by atoms with van der Waals surface area (Å²) in [6.07, 6.45) is 39.5. The molecule has 0 aliphatic carbocycles. The number of esters is 2. The molecule has 0 aromatic heterocycles. The van der Waals surface area contributed by atoms with Crippen molar-refractivity contribution in [1.29, 1.82) is 0 Å². The van der Waals surface area contributed by atoms with Gasteiger partial charge in [0.15, 0.2) is 6.10 Å². The molecule has 0 amide bonds. The van der Waals surface area contributed by atoms with Crippen LogP contribution in [0.15, 0.2) is 12.2 Å². The smallest absolute Gasteiger partial charge is 0.306 e. The molecule has 0 saturated heterocycles. The van der Waals surface area contributed by atoms with Gasteiger partial charge >= 0.3 is 11.9 Å². The van der Waals surface area contributed by atoms with Crippen LogP contribution in [0.1, 0.15) is 213 Å². The zero-order chi connectivity index (χ0) is 40.0. The number of hydrogen-bond donors (Lipinski definition) is 0. The van der Waals surface area contributed by atoms with Crippen molar-refractivity contribution in [2.45, 2.75) is 225 Å². The van der Waals surface area contributed by atoms with Gasteiger partial charge in [0.2, 0.25) is 0 Å². The van der Waals surface area contributed by atoms with E-state index in [9.17, 15) is 19.5 Å². The molecule has 0 fully saturated rings. The number of nitrogens with zero attached hydrogens (tertiary/aromatic N) is 1. The molecule has 0 saturated carbocycles. The number of unbranched alkanes of at least 4 members (excludes halogenated alkanes) is 25. The Hall–Kier alpha value is -1.93. The van der Waals surface area contributed by atoms with Crippen molar-refractivity contribution in [2.75, 3.05) is 41.0 Å². The molecular weight excluding hydrogens is 679 g/mol. The molecule has 0 aromatic rings. The van der Waals surface area contributed by atoms with E-state index < -0.39 is 18.1 Å². The quantitative estimate of drug-likeness (QED) is 0.0264. The van der Waals surface area contributed by atoms with Crippen LogP contribution in [-0.4, -0.2) is 75.5 Å². The lowest BCUT2D eigenvalue weighted by Crippen LogP contribution is -2.55. The summed E-state index contributed by atoms with van der Waals surface area (Å²) in [7, 11) is 5.41. The third-order valence-electron chi connectivity index (χ3n) is 10.4. The van der Waals surface area contributed by atoms with Crippen LogP contribution in [0.3, 0.4) is 0 Å². The highest BCUT2D eigenvalue weighted by Gasteiger charge is 2.25.